The number of pyridine rings is 1. The van der Waals surface area contributed by atoms with Crippen LogP contribution in [0.25, 0.3) is 0 Å². The highest BCUT2D eigenvalue weighted by atomic mass is 19.4. The van der Waals surface area contributed by atoms with E-state index in [-0.39, 0.29) is 23.9 Å². The zero-order valence-corrected chi connectivity index (χ0v) is 13.2. The molecular formula is C15H12F3N3O5. The summed E-state index contributed by atoms with van der Waals surface area (Å²) in [6.45, 7) is -0.204. The number of anilines is 1. The summed E-state index contributed by atoms with van der Waals surface area (Å²) in [5.74, 6) is -0.563. The highest BCUT2D eigenvalue weighted by Gasteiger charge is 2.38. The van der Waals surface area contributed by atoms with Crippen molar-refractivity contribution in [3.05, 3.63) is 52.2 Å². The van der Waals surface area contributed by atoms with Gasteiger partial charge in [-0.25, -0.2) is 4.98 Å². The topological polar surface area (TPSA) is 104 Å². The lowest BCUT2D eigenvalue weighted by Crippen LogP contribution is -2.17. The van der Waals surface area contributed by atoms with Crippen LogP contribution in [-0.4, -0.2) is 29.5 Å². The number of benzene rings is 1. The number of carbonyl (C=O) groups is 1. The second-order valence-electron chi connectivity index (χ2n) is 4.89. The number of amides is 1. The minimum absolute atomic E-state index is 0.0784. The van der Waals surface area contributed by atoms with Gasteiger partial charge in [0.25, 0.3) is 11.6 Å². The number of carbonyl (C=O) groups excluding carboxylic acids is 1. The number of rotatable bonds is 6. The van der Waals surface area contributed by atoms with E-state index in [1.165, 1.54) is 25.4 Å². The van der Waals surface area contributed by atoms with Crippen LogP contribution in [0.4, 0.5) is 24.7 Å². The smallest absolute Gasteiger partial charge is 0.423 e. The maximum atomic E-state index is 13.0. The first-order chi connectivity index (χ1) is 12.2. The Hall–Kier alpha value is -3.21. The number of aromatic nitrogens is 1. The Kier molecular flexibility index (Phi) is 5.72. The van der Waals surface area contributed by atoms with Crippen molar-refractivity contribution in [3.8, 4) is 11.5 Å². The van der Waals surface area contributed by atoms with E-state index in [0.717, 1.165) is 6.07 Å². The van der Waals surface area contributed by atoms with Gasteiger partial charge in [0.15, 0.2) is 0 Å². The van der Waals surface area contributed by atoms with E-state index in [9.17, 15) is 28.1 Å². The Labute approximate surface area is 144 Å². The molecule has 1 aromatic heterocycles. The van der Waals surface area contributed by atoms with Gasteiger partial charge in [0.05, 0.1) is 4.92 Å². The quantitative estimate of drug-likeness (QED) is 0.617. The molecule has 11 heteroatoms. The molecule has 0 aliphatic heterocycles. The van der Waals surface area contributed by atoms with E-state index >= 15 is 0 Å². The van der Waals surface area contributed by atoms with Crippen molar-refractivity contribution in [1.29, 1.82) is 0 Å². The number of nitrogens with zero attached hydrogens (tertiary/aromatic N) is 2. The van der Waals surface area contributed by atoms with Crippen molar-refractivity contribution in [2.24, 2.45) is 0 Å². The molecule has 0 aliphatic carbocycles. The maximum Gasteiger partial charge on any atom is 0.423 e. The maximum absolute atomic E-state index is 13.0. The number of nitro groups is 1. The van der Waals surface area contributed by atoms with Gasteiger partial charge in [-0.3, -0.25) is 14.9 Å². The predicted octanol–water partition coefficient (Wildman–Crippen LogP) is 3.39. The summed E-state index contributed by atoms with van der Waals surface area (Å²) in [7, 11) is 1.33. The normalized spacial score (nSPS) is 11.1. The van der Waals surface area contributed by atoms with Gasteiger partial charge in [0.2, 0.25) is 0 Å². The molecule has 0 aliphatic rings. The van der Waals surface area contributed by atoms with Crippen molar-refractivity contribution in [2.45, 2.75) is 6.18 Å². The number of hydrogen-bond donors (Lipinski definition) is 1. The number of nitrogens with one attached hydrogen (secondary N) is 1. The summed E-state index contributed by atoms with van der Waals surface area (Å²) in [5.41, 5.74) is -2.50. The summed E-state index contributed by atoms with van der Waals surface area (Å²) < 4.78 is 48.9. The summed E-state index contributed by atoms with van der Waals surface area (Å²) in [6.07, 6.45) is -3.65. The van der Waals surface area contributed by atoms with Crippen LogP contribution in [-0.2, 0) is 15.7 Å². The van der Waals surface area contributed by atoms with Gasteiger partial charge < -0.3 is 14.8 Å². The molecule has 0 fully saturated rings. The standard InChI is InChI=1S/C15H12F3N3O5/c1-25-8-14(22)20-13-7-10(4-5-19-13)26-9-2-3-12(21(23)24)11(6-9)15(16,17)18/h2-7H,8H2,1H3,(H,19,20,22). The lowest BCUT2D eigenvalue weighted by Gasteiger charge is -2.11. The third-order valence-electron chi connectivity index (χ3n) is 2.98. The fraction of sp³-hybridized carbons (Fsp3) is 0.200. The molecule has 0 atom stereocenters. The van der Waals surface area contributed by atoms with Gasteiger partial charge in [0, 0.05) is 25.4 Å². The monoisotopic (exact) mass is 371 g/mol. The van der Waals surface area contributed by atoms with Crippen LogP contribution in [0.5, 0.6) is 11.5 Å². The van der Waals surface area contributed by atoms with Crippen LogP contribution >= 0.6 is 0 Å². The largest absolute Gasteiger partial charge is 0.457 e. The van der Waals surface area contributed by atoms with E-state index in [1.807, 2.05) is 0 Å². The summed E-state index contributed by atoms with van der Waals surface area (Å²) >= 11 is 0. The lowest BCUT2D eigenvalue weighted by molar-refractivity contribution is -0.388. The third-order valence-corrected chi connectivity index (χ3v) is 2.98. The Morgan fingerprint density at radius 2 is 1.96 bits per heavy atom. The molecule has 2 rings (SSSR count). The Morgan fingerprint density at radius 1 is 1.27 bits per heavy atom. The first-order valence-corrected chi connectivity index (χ1v) is 6.99. The summed E-state index contributed by atoms with van der Waals surface area (Å²) in [4.78, 5) is 24.9. The van der Waals surface area contributed by atoms with Crippen LogP contribution in [0.2, 0.25) is 0 Å². The van der Waals surface area contributed by atoms with E-state index in [2.05, 4.69) is 15.0 Å². The molecule has 0 spiro atoms. The Morgan fingerprint density at radius 3 is 2.58 bits per heavy atom. The molecule has 1 aromatic carbocycles. The summed E-state index contributed by atoms with van der Waals surface area (Å²) in [5, 5.41) is 13.1. The molecule has 0 radical (unpaired) electrons. The number of alkyl halides is 3. The second kappa shape index (κ2) is 7.78. The van der Waals surface area contributed by atoms with Crippen LogP contribution in [0.15, 0.2) is 36.5 Å². The molecule has 2 aromatic rings. The van der Waals surface area contributed by atoms with Gasteiger partial charge in [-0.15, -0.1) is 0 Å². The third kappa shape index (κ3) is 4.89. The highest BCUT2D eigenvalue weighted by molar-refractivity contribution is 5.90. The molecule has 8 nitrogen and oxygen atoms in total. The molecule has 26 heavy (non-hydrogen) atoms. The molecule has 1 N–H and O–H groups in total. The van der Waals surface area contributed by atoms with Crippen molar-refractivity contribution in [1.82, 2.24) is 4.98 Å². The summed E-state index contributed by atoms with van der Waals surface area (Å²) in [6, 6.07) is 4.90. The van der Waals surface area contributed by atoms with Crippen LogP contribution < -0.4 is 10.1 Å². The van der Waals surface area contributed by atoms with Gasteiger partial charge in [-0.2, -0.15) is 13.2 Å². The number of methoxy groups -OCH3 is 1. The van der Waals surface area contributed by atoms with E-state index in [4.69, 9.17) is 4.74 Å². The second-order valence-corrected chi connectivity index (χ2v) is 4.89. The molecule has 0 bridgehead atoms. The average molecular weight is 371 g/mol. The first kappa shape index (κ1) is 19.1. The van der Waals surface area contributed by atoms with Crippen molar-refractivity contribution >= 4 is 17.4 Å². The van der Waals surface area contributed by atoms with Crippen molar-refractivity contribution < 1.29 is 32.4 Å². The lowest BCUT2D eigenvalue weighted by atomic mass is 10.1. The van der Waals surface area contributed by atoms with E-state index < -0.39 is 28.3 Å². The fourth-order valence-electron chi connectivity index (χ4n) is 1.95. The van der Waals surface area contributed by atoms with Crippen LogP contribution in [0.1, 0.15) is 5.56 Å². The highest BCUT2D eigenvalue weighted by Crippen LogP contribution is 2.39. The zero-order valence-electron chi connectivity index (χ0n) is 13.2. The number of nitro benzene ring substituents is 1. The first-order valence-electron chi connectivity index (χ1n) is 6.99. The molecule has 1 amide bonds. The molecular weight excluding hydrogens is 359 g/mol. The molecule has 0 saturated carbocycles. The van der Waals surface area contributed by atoms with Gasteiger partial charge in [-0.05, 0) is 18.2 Å². The Balaban J connectivity index is 2.26. The molecule has 0 unspecified atom stereocenters. The molecule has 138 valence electrons. The van der Waals surface area contributed by atoms with E-state index in [0.29, 0.717) is 12.1 Å². The van der Waals surface area contributed by atoms with Crippen molar-refractivity contribution in [3.63, 3.8) is 0 Å². The minimum Gasteiger partial charge on any atom is -0.457 e. The zero-order chi connectivity index (χ0) is 19.3. The van der Waals surface area contributed by atoms with Crippen molar-refractivity contribution in [2.75, 3.05) is 19.0 Å². The fourth-order valence-corrected chi connectivity index (χ4v) is 1.95. The SMILES string of the molecule is COCC(=O)Nc1cc(Oc2ccc([N+](=O)[O-])c(C(F)(F)F)c2)ccn1. The number of hydrogen-bond acceptors (Lipinski definition) is 6. The van der Waals surface area contributed by atoms with Gasteiger partial charge >= 0.3 is 6.18 Å². The van der Waals surface area contributed by atoms with E-state index in [1.54, 1.807) is 0 Å². The van der Waals surface area contributed by atoms with Crippen LogP contribution in [0.3, 0.4) is 0 Å². The van der Waals surface area contributed by atoms with Gasteiger partial charge in [-0.1, -0.05) is 0 Å². The van der Waals surface area contributed by atoms with Gasteiger partial charge in [0.1, 0.15) is 29.5 Å². The minimum atomic E-state index is -4.92. The van der Waals surface area contributed by atoms with Crippen LogP contribution in [0, 0.1) is 10.1 Å². The number of ether oxygens (including phenoxy) is 2. The molecule has 1 heterocycles. The average Bonchev–Trinajstić information content (AvgIpc) is 2.54. The number of halogens is 3. The molecule has 0 saturated heterocycles. The predicted molar refractivity (Wildman–Crippen MR) is 82.9 cm³/mol. The Bertz CT molecular complexity index is 826.